The lowest BCUT2D eigenvalue weighted by Gasteiger charge is -2.13. The first-order valence-electron chi connectivity index (χ1n) is 6.18. The Morgan fingerprint density at radius 3 is 2.67 bits per heavy atom. The summed E-state index contributed by atoms with van der Waals surface area (Å²) >= 11 is 1.48. The normalized spacial score (nSPS) is 16.8. The molecule has 1 atom stereocenters. The zero-order valence-electron chi connectivity index (χ0n) is 10.4. The van der Waals surface area contributed by atoms with Crippen molar-refractivity contribution >= 4 is 28.1 Å². The van der Waals surface area contributed by atoms with Gasteiger partial charge < -0.3 is 10.0 Å². The molecule has 1 fully saturated rings. The van der Waals surface area contributed by atoms with Crippen LogP contribution in [0, 0.1) is 5.92 Å². The molecule has 0 amide bonds. The van der Waals surface area contributed by atoms with Gasteiger partial charge in [-0.05, 0) is 25.0 Å². The van der Waals surface area contributed by atoms with Gasteiger partial charge in [-0.25, -0.2) is 0 Å². The summed E-state index contributed by atoms with van der Waals surface area (Å²) in [6.45, 7) is 3.68. The van der Waals surface area contributed by atoms with Crippen LogP contribution in [0.15, 0.2) is 12.1 Å². The standard InChI is InChI=1S/C13H17NO3S/c1-9(13(16)17)8-10(15)11-4-5-12(18-11)14-6-2-3-7-14/h4-5,9H,2-3,6-8H2,1H3,(H,16,17). The van der Waals surface area contributed by atoms with E-state index in [-0.39, 0.29) is 12.2 Å². The number of Topliss-reactive ketones (excluding diaryl/α,β-unsaturated/α-hetero) is 1. The summed E-state index contributed by atoms with van der Waals surface area (Å²) in [7, 11) is 0. The minimum atomic E-state index is -0.917. The van der Waals surface area contributed by atoms with Crippen LogP contribution in [0.1, 0.15) is 35.9 Å². The largest absolute Gasteiger partial charge is 0.481 e. The van der Waals surface area contributed by atoms with E-state index in [0.717, 1.165) is 18.1 Å². The minimum Gasteiger partial charge on any atom is -0.481 e. The molecule has 5 heteroatoms. The second kappa shape index (κ2) is 5.52. The number of ketones is 1. The summed E-state index contributed by atoms with van der Waals surface area (Å²) in [4.78, 5) is 25.6. The number of carboxylic acid groups (broad SMARTS) is 1. The highest BCUT2D eigenvalue weighted by Crippen LogP contribution is 2.30. The van der Waals surface area contributed by atoms with Crippen molar-refractivity contribution in [1.29, 1.82) is 0 Å². The van der Waals surface area contributed by atoms with E-state index in [9.17, 15) is 9.59 Å². The molecular formula is C13H17NO3S. The lowest BCUT2D eigenvalue weighted by Crippen LogP contribution is -2.16. The number of hydrogen-bond acceptors (Lipinski definition) is 4. The molecular weight excluding hydrogens is 250 g/mol. The number of carboxylic acids is 1. The van der Waals surface area contributed by atoms with Gasteiger partial charge in [0.25, 0.3) is 0 Å². The highest BCUT2D eigenvalue weighted by molar-refractivity contribution is 7.18. The summed E-state index contributed by atoms with van der Waals surface area (Å²) < 4.78 is 0. The van der Waals surface area contributed by atoms with Crippen molar-refractivity contribution in [1.82, 2.24) is 0 Å². The molecule has 1 unspecified atom stereocenters. The van der Waals surface area contributed by atoms with Gasteiger partial charge in [0, 0.05) is 19.5 Å². The van der Waals surface area contributed by atoms with Crippen LogP contribution in [0.4, 0.5) is 5.00 Å². The Balaban J connectivity index is 2.00. The highest BCUT2D eigenvalue weighted by Gasteiger charge is 2.20. The molecule has 98 valence electrons. The molecule has 1 saturated heterocycles. The van der Waals surface area contributed by atoms with Crippen molar-refractivity contribution in [2.75, 3.05) is 18.0 Å². The molecule has 0 saturated carbocycles. The Bertz CT molecular complexity index is 449. The summed E-state index contributed by atoms with van der Waals surface area (Å²) in [5.74, 6) is -1.60. The Morgan fingerprint density at radius 2 is 2.06 bits per heavy atom. The number of hydrogen-bond donors (Lipinski definition) is 1. The van der Waals surface area contributed by atoms with E-state index in [4.69, 9.17) is 5.11 Å². The zero-order chi connectivity index (χ0) is 13.1. The van der Waals surface area contributed by atoms with Crippen molar-refractivity contribution in [3.63, 3.8) is 0 Å². The quantitative estimate of drug-likeness (QED) is 0.833. The molecule has 18 heavy (non-hydrogen) atoms. The van der Waals surface area contributed by atoms with Gasteiger partial charge in [0.1, 0.15) is 0 Å². The van der Waals surface area contributed by atoms with Crippen LogP contribution < -0.4 is 4.90 Å². The summed E-state index contributed by atoms with van der Waals surface area (Å²) in [5.41, 5.74) is 0. The third kappa shape index (κ3) is 2.90. The van der Waals surface area contributed by atoms with Gasteiger partial charge in [-0.15, -0.1) is 11.3 Å². The van der Waals surface area contributed by atoms with E-state index < -0.39 is 11.9 Å². The fourth-order valence-corrected chi connectivity index (χ4v) is 3.06. The Hall–Kier alpha value is -1.36. The molecule has 1 aromatic heterocycles. The SMILES string of the molecule is CC(CC(=O)c1ccc(N2CCCC2)s1)C(=O)O. The zero-order valence-corrected chi connectivity index (χ0v) is 11.2. The average molecular weight is 267 g/mol. The van der Waals surface area contributed by atoms with E-state index in [0.29, 0.717) is 4.88 Å². The third-order valence-corrected chi connectivity index (χ3v) is 4.38. The van der Waals surface area contributed by atoms with Crippen molar-refractivity contribution in [2.45, 2.75) is 26.2 Å². The fraction of sp³-hybridized carbons (Fsp3) is 0.538. The van der Waals surface area contributed by atoms with E-state index in [2.05, 4.69) is 4.90 Å². The highest BCUT2D eigenvalue weighted by atomic mass is 32.1. The minimum absolute atomic E-state index is 0.0691. The fourth-order valence-electron chi connectivity index (χ4n) is 2.05. The number of thiophene rings is 1. The Kier molecular flexibility index (Phi) is 4.01. The lowest BCUT2D eigenvalue weighted by atomic mass is 10.0. The first-order valence-corrected chi connectivity index (χ1v) is 7.00. The van der Waals surface area contributed by atoms with Crippen LogP contribution in [-0.4, -0.2) is 29.9 Å². The van der Waals surface area contributed by atoms with Crippen LogP contribution in [0.5, 0.6) is 0 Å². The smallest absolute Gasteiger partial charge is 0.306 e. The van der Waals surface area contributed by atoms with Crippen LogP contribution in [-0.2, 0) is 4.79 Å². The molecule has 0 bridgehead atoms. The maximum atomic E-state index is 11.9. The van der Waals surface area contributed by atoms with Gasteiger partial charge >= 0.3 is 5.97 Å². The second-order valence-corrected chi connectivity index (χ2v) is 5.76. The molecule has 0 radical (unpaired) electrons. The molecule has 2 heterocycles. The van der Waals surface area contributed by atoms with E-state index in [1.165, 1.54) is 24.2 Å². The molecule has 0 aliphatic carbocycles. The molecule has 1 aromatic rings. The van der Waals surface area contributed by atoms with E-state index in [1.54, 1.807) is 6.92 Å². The Labute approximate surface area is 110 Å². The number of rotatable bonds is 5. The van der Waals surface area contributed by atoms with Crippen LogP contribution in [0.25, 0.3) is 0 Å². The Morgan fingerprint density at radius 1 is 1.39 bits per heavy atom. The maximum Gasteiger partial charge on any atom is 0.306 e. The summed E-state index contributed by atoms with van der Waals surface area (Å²) in [6.07, 6.45) is 2.49. The number of nitrogens with zero attached hydrogens (tertiary/aromatic N) is 1. The number of carbonyl (C=O) groups is 2. The van der Waals surface area contributed by atoms with Crippen molar-refractivity contribution < 1.29 is 14.7 Å². The van der Waals surface area contributed by atoms with Gasteiger partial charge in [-0.3, -0.25) is 9.59 Å². The van der Waals surface area contributed by atoms with E-state index in [1.807, 2.05) is 12.1 Å². The second-order valence-electron chi connectivity index (χ2n) is 4.70. The molecule has 0 spiro atoms. The van der Waals surface area contributed by atoms with Crippen LogP contribution >= 0.6 is 11.3 Å². The molecule has 4 nitrogen and oxygen atoms in total. The van der Waals surface area contributed by atoms with Gasteiger partial charge in [-0.1, -0.05) is 6.92 Å². The molecule has 1 aliphatic rings. The van der Waals surface area contributed by atoms with Crippen LogP contribution in [0.3, 0.4) is 0 Å². The van der Waals surface area contributed by atoms with Gasteiger partial charge in [0.2, 0.25) is 0 Å². The maximum absolute atomic E-state index is 11.9. The first kappa shape index (κ1) is 13.1. The molecule has 1 N–H and O–H groups in total. The number of aliphatic carboxylic acids is 1. The molecule has 2 rings (SSSR count). The van der Waals surface area contributed by atoms with Crippen molar-refractivity contribution in [3.05, 3.63) is 17.0 Å². The first-order chi connectivity index (χ1) is 8.58. The van der Waals surface area contributed by atoms with Gasteiger partial charge in [0.05, 0.1) is 15.8 Å². The van der Waals surface area contributed by atoms with Crippen molar-refractivity contribution in [2.24, 2.45) is 5.92 Å². The summed E-state index contributed by atoms with van der Waals surface area (Å²) in [6, 6.07) is 3.78. The van der Waals surface area contributed by atoms with Gasteiger partial charge in [-0.2, -0.15) is 0 Å². The van der Waals surface area contributed by atoms with Crippen molar-refractivity contribution in [3.8, 4) is 0 Å². The monoisotopic (exact) mass is 267 g/mol. The predicted octanol–water partition coefficient (Wildman–Crippen LogP) is 2.64. The van der Waals surface area contributed by atoms with E-state index >= 15 is 0 Å². The topological polar surface area (TPSA) is 57.6 Å². The predicted molar refractivity (Wildman–Crippen MR) is 71.5 cm³/mol. The van der Waals surface area contributed by atoms with Gasteiger partial charge in [0.15, 0.2) is 5.78 Å². The molecule has 0 aromatic carbocycles. The average Bonchev–Trinajstić information content (AvgIpc) is 2.99. The third-order valence-electron chi connectivity index (χ3n) is 3.20. The summed E-state index contributed by atoms with van der Waals surface area (Å²) in [5, 5.41) is 9.92. The number of carbonyl (C=O) groups excluding carboxylic acids is 1. The van der Waals surface area contributed by atoms with Crippen LogP contribution in [0.2, 0.25) is 0 Å². The lowest BCUT2D eigenvalue weighted by molar-refractivity contribution is -0.141. The number of anilines is 1. The molecule has 1 aliphatic heterocycles.